The molecular formula is C20H28ClFN4O. The Hall–Kier alpha value is -1.92. The van der Waals surface area contributed by atoms with Crippen LogP contribution in [0.15, 0.2) is 24.3 Å². The van der Waals surface area contributed by atoms with Crippen molar-refractivity contribution in [3.63, 3.8) is 0 Å². The summed E-state index contributed by atoms with van der Waals surface area (Å²) in [4.78, 5) is 14.8. The van der Waals surface area contributed by atoms with E-state index in [0.29, 0.717) is 12.3 Å². The quantitative estimate of drug-likeness (QED) is 0.866. The zero-order valence-electron chi connectivity index (χ0n) is 16.1. The van der Waals surface area contributed by atoms with Gasteiger partial charge in [0.2, 0.25) is 5.91 Å². The van der Waals surface area contributed by atoms with Gasteiger partial charge in [0.15, 0.2) is 0 Å². The van der Waals surface area contributed by atoms with Crippen molar-refractivity contribution in [1.29, 1.82) is 0 Å². The Morgan fingerprint density at radius 1 is 1.33 bits per heavy atom. The number of carbonyl (C=O) groups is 1. The monoisotopic (exact) mass is 394 g/mol. The average molecular weight is 395 g/mol. The number of hydrogen-bond acceptors (Lipinski definition) is 3. The SMILES string of the molecule is Cc1nn(-c2ccc(F)cc2)c(C)c1CC(=O)N1CCCC(C(C)N)C1.Cl. The molecule has 2 aromatic rings. The van der Waals surface area contributed by atoms with Crippen molar-refractivity contribution < 1.29 is 9.18 Å². The molecule has 1 aromatic heterocycles. The van der Waals surface area contributed by atoms with Crippen LogP contribution in [0.3, 0.4) is 0 Å². The van der Waals surface area contributed by atoms with E-state index >= 15 is 0 Å². The van der Waals surface area contributed by atoms with Gasteiger partial charge < -0.3 is 10.6 Å². The smallest absolute Gasteiger partial charge is 0.227 e. The molecule has 27 heavy (non-hydrogen) atoms. The third kappa shape index (κ3) is 4.68. The molecule has 1 saturated heterocycles. The molecule has 1 aliphatic rings. The molecule has 1 fully saturated rings. The number of nitrogens with two attached hydrogens (primary N) is 1. The van der Waals surface area contributed by atoms with Crippen LogP contribution in [0.2, 0.25) is 0 Å². The van der Waals surface area contributed by atoms with E-state index in [9.17, 15) is 9.18 Å². The van der Waals surface area contributed by atoms with Crippen LogP contribution in [0.5, 0.6) is 0 Å². The van der Waals surface area contributed by atoms with Gasteiger partial charge in [-0.05, 0) is 63.8 Å². The predicted octanol–water partition coefficient (Wildman–Crippen LogP) is 3.18. The van der Waals surface area contributed by atoms with Crippen molar-refractivity contribution in [3.8, 4) is 5.69 Å². The second-order valence-electron chi connectivity index (χ2n) is 7.32. The summed E-state index contributed by atoms with van der Waals surface area (Å²) in [5.41, 5.74) is 9.52. The van der Waals surface area contributed by atoms with Gasteiger partial charge in [0.25, 0.3) is 0 Å². The van der Waals surface area contributed by atoms with E-state index in [0.717, 1.165) is 48.6 Å². The van der Waals surface area contributed by atoms with Crippen molar-refractivity contribution in [3.05, 3.63) is 47.0 Å². The first-order valence-electron chi connectivity index (χ1n) is 9.21. The lowest BCUT2D eigenvalue weighted by Gasteiger charge is -2.34. The van der Waals surface area contributed by atoms with Gasteiger partial charge in [-0.1, -0.05) is 0 Å². The number of likely N-dealkylation sites (tertiary alicyclic amines) is 1. The highest BCUT2D eigenvalue weighted by Crippen LogP contribution is 2.22. The molecule has 2 heterocycles. The van der Waals surface area contributed by atoms with Gasteiger partial charge in [0.05, 0.1) is 17.8 Å². The number of aromatic nitrogens is 2. The Kier molecular flexibility index (Phi) is 7.00. The molecule has 1 aromatic carbocycles. The number of halogens is 2. The van der Waals surface area contributed by atoms with Crippen molar-refractivity contribution in [2.75, 3.05) is 13.1 Å². The Morgan fingerprint density at radius 3 is 2.63 bits per heavy atom. The van der Waals surface area contributed by atoms with Crippen LogP contribution in [0.4, 0.5) is 4.39 Å². The van der Waals surface area contributed by atoms with E-state index in [2.05, 4.69) is 5.10 Å². The molecule has 0 aliphatic carbocycles. The zero-order valence-corrected chi connectivity index (χ0v) is 16.9. The molecule has 1 aliphatic heterocycles. The van der Waals surface area contributed by atoms with Crippen LogP contribution < -0.4 is 5.73 Å². The summed E-state index contributed by atoms with van der Waals surface area (Å²) < 4.78 is 14.9. The van der Waals surface area contributed by atoms with Crippen LogP contribution >= 0.6 is 12.4 Å². The van der Waals surface area contributed by atoms with Crippen LogP contribution in [0.25, 0.3) is 5.69 Å². The maximum absolute atomic E-state index is 13.2. The van der Waals surface area contributed by atoms with Crippen molar-refractivity contribution in [1.82, 2.24) is 14.7 Å². The van der Waals surface area contributed by atoms with E-state index in [-0.39, 0.29) is 30.2 Å². The molecule has 0 bridgehead atoms. The maximum Gasteiger partial charge on any atom is 0.227 e. The van der Waals surface area contributed by atoms with E-state index in [1.54, 1.807) is 16.8 Å². The number of benzene rings is 1. The molecule has 0 saturated carbocycles. The van der Waals surface area contributed by atoms with Crippen LogP contribution in [-0.2, 0) is 11.2 Å². The molecule has 0 spiro atoms. The van der Waals surface area contributed by atoms with Crippen molar-refractivity contribution in [2.45, 2.75) is 46.1 Å². The first-order chi connectivity index (χ1) is 12.4. The number of aryl methyl sites for hydroxylation is 1. The first-order valence-corrected chi connectivity index (χ1v) is 9.21. The topological polar surface area (TPSA) is 64.2 Å². The second-order valence-corrected chi connectivity index (χ2v) is 7.32. The molecule has 2 unspecified atom stereocenters. The second kappa shape index (κ2) is 8.85. The zero-order chi connectivity index (χ0) is 18.8. The minimum atomic E-state index is -0.278. The van der Waals surface area contributed by atoms with Gasteiger partial charge in [-0.3, -0.25) is 4.79 Å². The molecule has 3 rings (SSSR count). The highest BCUT2D eigenvalue weighted by molar-refractivity contribution is 5.85. The maximum atomic E-state index is 13.2. The van der Waals surface area contributed by atoms with E-state index in [1.165, 1.54) is 12.1 Å². The summed E-state index contributed by atoms with van der Waals surface area (Å²) >= 11 is 0. The minimum Gasteiger partial charge on any atom is -0.342 e. The van der Waals surface area contributed by atoms with E-state index < -0.39 is 0 Å². The van der Waals surface area contributed by atoms with Gasteiger partial charge >= 0.3 is 0 Å². The molecule has 2 atom stereocenters. The number of carbonyl (C=O) groups excluding carboxylic acids is 1. The molecule has 2 N–H and O–H groups in total. The Bertz CT molecular complexity index is 788. The van der Waals surface area contributed by atoms with Gasteiger partial charge in [-0.25, -0.2) is 9.07 Å². The Morgan fingerprint density at radius 2 is 2.00 bits per heavy atom. The Labute approximate surface area is 166 Å². The Balaban J connectivity index is 0.00000261. The number of amides is 1. The van der Waals surface area contributed by atoms with Gasteiger partial charge in [0.1, 0.15) is 5.82 Å². The van der Waals surface area contributed by atoms with Crippen LogP contribution in [-0.4, -0.2) is 39.7 Å². The van der Waals surface area contributed by atoms with Gasteiger partial charge in [-0.15, -0.1) is 12.4 Å². The highest BCUT2D eigenvalue weighted by Gasteiger charge is 2.27. The third-order valence-corrected chi connectivity index (χ3v) is 5.39. The summed E-state index contributed by atoms with van der Waals surface area (Å²) in [5, 5.41) is 4.55. The fourth-order valence-corrected chi connectivity index (χ4v) is 3.69. The van der Waals surface area contributed by atoms with E-state index in [4.69, 9.17) is 5.73 Å². The number of hydrogen-bond donors (Lipinski definition) is 1. The fourth-order valence-electron chi connectivity index (χ4n) is 3.69. The standard InChI is InChI=1S/C20H27FN4O.ClH/c1-13(22)16-5-4-10-24(12-16)20(26)11-19-14(2)23-25(15(19)3)18-8-6-17(21)7-9-18;/h6-9,13,16H,4-5,10-12,22H2,1-3H3;1H. The lowest BCUT2D eigenvalue weighted by atomic mass is 9.92. The first kappa shape index (κ1) is 21.4. The molecule has 148 valence electrons. The lowest BCUT2D eigenvalue weighted by Crippen LogP contribution is -2.45. The van der Waals surface area contributed by atoms with Crippen molar-refractivity contribution >= 4 is 18.3 Å². The average Bonchev–Trinajstić information content (AvgIpc) is 2.90. The normalized spacial score (nSPS) is 18.1. The summed E-state index contributed by atoms with van der Waals surface area (Å²) in [6.07, 6.45) is 2.43. The van der Waals surface area contributed by atoms with Crippen molar-refractivity contribution in [2.24, 2.45) is 11.7 Å². The van der Waals surface area contributed by atoms with Gasteiger partial charge in [0, 0.05) is 30.4 Å². The molecule has 7 heteroatoms. The molecular weight excluding hydrogens is 367 g/mol. The van der Waals surface area contributed by atoms with Gasteiger partial charge in [-0.2, -0.15) is 5.10 Å². The summed E-state index contributed by atoms with van der Waals surface area (Å²) in [7, 11) is 0. The number of rotatable bonds is 4. The molecule has 5 nitrogen and oxygen atoms in total. The largest absolute Gasteiger partial charge is 0.342 e. The molecule has 1 amide bonds. The molecule has 0 radical (unpaired) electrons. The summed E-state index contributed by atoms with van der Waals surface area (Å²) in [5.74, 6) is 0.219. The minimum absolute atomic E-state index is 0. The van der Waals surface area contributed by atoms with Crippen LogP contribution in [0, 0.1) is 25.6 Å². The third-order valence-electron chi connectivity index (χ3n) is 5.39. The summed E-state index contributed by atoms with van der Waals surface area (Å²) in [6.45, 7) is 7.41. The highest BCUT2D eigenvalue weighted by atomic mass is 35.5. The summed E-state index contributed by atoms with van der Waals surface area (Å²) in [6, 6.07) is 6.32. The van der Waals surface area contributed by atoms with Crippen LogP contribution in [0.1, 0.15) is 36.7 Å². The number of nitrogens with zero attached hydrogens (tertiary/aromatic N) is 3. The number of piperidine rings is 1. The fraction of sp³-hybridized carbons (Fsp3) is 0.500. The van der Waals surface area contributed by atoms with E-state index in [1.807, 2.05) is 25.7 Å². The predicted molar refractivity (Wildman–Crippen MR) is 107 cm³/mol. The lowest BCUT2D eigenvalue weighted by molar-refractivity contribution is -0.132.